The minimum atomic E-state index is -0.169. The second kappa shape index (κ2) is 4.66. The summed E-state index contributed by atoms with van der Waals surface area (Å²) >= 11 is 0. The van der Waals surface area contributed by atoms with Gasteiger partial charge < -0.3 is 10.1 Å². The van der Waals surface area contributed by atoms with E-state index in [0.29, 0.717) is 0 Å². The van der Waals surface area contributed by atoms with Crippen molar-refractivity contribution in [2.45, 2.75) is 38.3 Å². The predicted molar refractivity (Wildman–Crippen MR) is 78.3 cm³/mol. The average molecular weight is 258 g/mol. The van der Waals surface area contributed by atoms with Crippen molar-refractivity contribution in [3.63, 3.8) is 0 Å². The van der Waals surface area contributed by atoms with Gasteiger partial charge in [0.2, 0.25) is 0 Å². The molecule has 0 radical (unpaired) electrons. The number of aromatic amines is 1. The molecule has 0 amide bonds. The van der Waals surface area contributed by atoms with Crippen LogP contribution in [0, 0.1) is 0 Å². The number of nitrogens with zero attached hydrogens (tertiary/aromatic N) is 1. The number of hydrogen-bond acceptors (Lipinski definition) is 2. The summed E-state index contributed by atoms with van der Waals surface area (Å²) < 4.78 is 0. The SMILES string of the molecule is CC1(C)CC(O)CN1CCc1c[nH]c2ccccc12. The second-order valence-electron chi connectivity index (χ2n) is 6.23. The van der Waals surface area contributed by atoms with Gasteiger partial charge in [-0.05, 0) is 38.3 Å². The van der Waals surface area contributed by atoms with Crippen LogP contribution in [0.4, 0.5) is 0 Å². The Kier molecular flexibility index (Phi) is 3.11. The molecule has 0 saturated carbocycles. The zero-order chi connectivity index (χ0) is 13.5. The van der Waals surface area contributed by atoms with E-state index in [1.54, 1.807) is 0 Å². The molecule has 2 aromatic rings. The number of aliphatic hydroxyl groups is 1. The van der Waals surface area contributed by atoms with E-state index in [4.69, 9.17) is 0 Å². The molecule has 1 atom stereocenters. The van der Waals surface area contributed by atoms with Gasteiger partial charge in [0.25, 0.3) is 0 Å². The van der Waals surface area contributed by atoms with Crippen LogP contribution in [-0.2, 0) is 6.42 Å². The Morgan fingerprint density at radius 3 is 2.89 bits per heavy atom. The average Bonchev–Trinajstić information content (AvgIpc) is 2.87. The molecule has 3 heteroatoms. The molecule has 3 nitrogen and oxygen atoms in total. The van der Waals surface area contributed by atoms with Crippen LogP contribution in [0.1, 0.15) is 25.8 Å². The first-order valence-electron chi connectivity index (χ1n) is 7.04. The van der Waals surface area contributed by atoms with Crippen molar-refractivity contribution >= 4 is 10.9 Å². The first-order chi connectivity index (χ1) is 9.06. The maximum atomic E-state index is 9.82. The minimum Gasteiger partial charge on any atom is -0.392 e. The minimum absolute atomic E-state index is 0.117. The molecule has 102 valence electrons. The van der Waals surface area contributed by atoms with Crippen LogP contribution in [0.5, 0.6) is 0 Å². The molecular weight excluding hydrogens is 236 g/mol. The number of rotatable bonds is 3. The molecule has 0 spiro atoms. The van der Waals surface area contributed by atoms with Gasteiger partial charge in [0, 0.05) is 35.7 Å². The molecule has 2 heterocycles. The van der Waals surface area contributed by atoms with E-state index in [2.05, 4.69) is 54.2 Å². The number of aliphatic hydroxyl groups excluding tert-OH is 1. The topological polar surface area (TPSA) is 39.3 Å². The summed E-state index contributed by atoms with van der Waals surface area (Å²) in [6, 6.07) is 8.43. The number of hydrogen-bond donors (Lipinski definition) is 2. The van der Waals surface area contributed by atoms with Gasteiger partial charge in [-0.3, -0.25) is 4.90 Å². The number of nitrogens with one attached hydrogen (secondary N) is 1. The van der Waals surface area contributed by atoms with Crippen molar-refractivity contribution in [2.24, 2.45) is 0 Å². The zero-order valence-electron chi connectivity index (χ0n) is 11.7. The van der Waals surface area contributed by atoms with Crippen molar-refractivity contribution in [3.8, 4) is 0 Å². The van der Waals surface area contributed by atoms with E-state index in [1.165, 1.54) is 16.5 Å². The van der Waals surface area contributed by atoms with Gasteiger partial charge in [-0.25, -0.2) is 0 Å². The van der Waals surface area contributed by atoms with Crippen molar-refractivity contribution in [1.29, 1.82) is 0 Å². The van der Waals surface area contributed by atoms with Crippen LogP contribution in [0.25, 0.3) is 10.9 Å². The molecule has 1 saturated heterocycles. The van der Waals surface area contributed by atoms with Gasteiger partial charge in [-0.15, -0.1) is 0 Å². The van der Waals surface area contributed by atoms with Gasteiger partial charge in [0.15, 0.2) is 0 Å². The van der Waals surface area contributed by atoms with Crippen molar-refractivity contribution in [2.75, 3.05) is 13.1 Å². The third kappa shape index (κ3) is 2.40. The Bertz CT molecular complexity index is 573. The van der Waals surface area contributed by atoms with Crippen molar-refractivity contribution < 1.29 is 5.11 Å². The van der Waals surface area contributed by atoms with E-state index < -0.39 is 0 Å². The van der Waals surface area contributed by atoms with Crippen LogP contribution in [0.15, 0.2) is 30.5 Å². The number of fused-ring (bicyclic) bond motifs is 1. The Balaban J connectivity index is 1.73. The normalized spacial score (nSPS) is 23.2. The van der Waals surface area contributed by atoms with Crippen LogP contribution >= 0.6 is 0 Å². The Morgan fingerprint density at radius 1 is 1.37 bits per heavy atom. The zero-order valence-corrected chi connectivity index (χ0v) is 11.7. The third-order valence-corrected chi connectivity index (χ3v) is 4.35. The molecule has 2 N–H and O–H groups in total. The predicted octanol–water partition coefficient (Wildman–Crippen LogP) is 2.56. The fourth-order valence-electron chi connectivity index (χ4n) is 3.26. The summed E-state index contributed by atoms with van der Waals surface area (Å²) in [6.45, 7) is 6.25. The lowest BCUT2D eigenvalue weighted by Gasteiger charge is -2.31. The monoisotopic (exact) mass is 258 g/mol. The number of aromatic nitrogens is 1. The van der Waals surface area contributed by atoms with Crippen molar-refractivity contribution in [3.05, 3.63) is 36.0 Å². The highest BCUT2D eigenvalue weighted by molar-refractivity contribution is 5.83. The molecule has 19 heavy (non-hydrogen) atoms. The molecule has 0 aliphatic carbocycles. The van der Waals surface area contributed by atoms with E-state index in [-0.39, 0.29) is 11.6 Å². The lowest BCUT2D eigenvalue weighted by atomic mass is 10.0. The van der Waals surface area contributed by atoms with Gasteiger partial charge >= 0.3 is 0 Å². The standard InChI is InChI=1S/C16H22N2O/c1-16(2)9-13(19)11-18(16)8-7-12-10-17-15-6-4-3-5-14(12)15/h3-6,10,13,17,19H,7-9,11H2,1-2H3. The van der Waals surface area contributed by atoms with Crippen LogP contribution in [-0.4, -0.2) is 39.7 Å². The highest BCUT2D eigenvalue weighted by Crippen LogP contribution is 2.29. The van der Waals surface area contributed by atoms with Gasteiger partial charge in [0.05, 0.1) is 6.10 Å². The number of β-amino-alcohol motifs (C(OH)–C–C–N with tert-alkyl or cyclic N) is 1. The van der Waals surface area contributed by atoms with Gasteiger partial charge in [-0.2, -0.15) is 0 Å². The van der Waals surface area contributed by atoms with Crippen molar-refractivity contribution in [1.82, 2.24) is 9.88 Å². The summed E-state index contributed by atoms with van der Waals surface area (Å²) in [7, 11) is 0. The highest BCUT2D eigenvalue weighted by Gasteiger charge is 2.36. The summed E-state index contributed by atoms with van der Waals surface area (Å²) in [4.78, 5) is 5.73. The van der Waals surface area contributed by atoms with E-state index in [1.807, 2.05) is 0 Å². The smallest absolute Gasteiger partial charge is 0.0684 e. The van der Waals surface area contributed by atoms with Crippen LogP contribution in [0.2, 0.25) is 0 Å². The lowest BCUT2D eigenvalue weighted by molar-refractivity contribution is 0.165. The van der Waals surface area contributed by atoms with Crippen LogP contribution in [0.3, 0.4) is 0 Å². The summed E-state index contributed by atoms with van der Waals surface area (Å²) in [5.41, 5.74) is 2.69. The number of para-hydroxylation sites is 1. The fourth-order valence-corrected chi connectivity index (χ4v) is 3.26. The van der Waals surface area contributed by atoms with E-state index >= 15 is 0 Å². The van der Waals surface area contributed by atoms with E-state index in [0.717, 1.165) is 25.9 Å². The summed E-state index contributed by atoms with van der Waals surface area (Å²) in [5, 5.41) is 11.1. The van der Waals surface area contributed by atoms with Gasteiger partial charge in [-0.1, -0.05) is 18.2 Å². The molecule has 1 fully saturated rings. The molecular formula is C16H22N2O. The molecule has 1 aliphatic heterocycles. The Morgan fingerprint density at radius 2 is 2.16 bits per heavy atom. The maximum Gasteiger partial charge on any atom is 0.0684 e. The Labute approximate surface area is 114 Å². The molecule has 3 rings (SSSR count). The second-order valence-corrected chi connectivity index (χ2v) is 6.23. The maximum absolute atomic E-state index is 9.82. The molecule has 1 aromatic carbocycles. The highest BCUT2D eigenvalue weighted by atomic mass is 16.3. The molecule has 1 unspecified atom stereocenters. The first-order valence-corrected chi connectivity index (χ1v) is 7.04. The van der Waals surface area contributed by atoms with Crippen LogP contribution < -0.4 is 0 Å². The number of benzene rings is 1. The number of likely N-dealkylation sites (tertiary alicyclic amines) is 1. The van der Waals surface area contributed by atoms with Gasteiger partial charge in [0.1, 0.15) is 0 Å². The molecule has 0 bridgehead atoms. The summed E-state index contributed by atoms with van der Waals surface area (Å²) in [5.74, 6) is 0. The quantitative estimate of drug-likeness (QED) is 0.888. The largest absolute Gasteiger partial charge is 0.392 e. The lowest BCUT2D eigenvalue weighted by Crippen LogP contribution is -2.39. The van der Waals surface area contributed by atoms with E-state index in [9.17, 15) is 5.11 Å². The Hall–Kier alpha value is -1.32. The molecule has 1 aliphatic rings. The first kappa shape index (κ1) is 12.7. The third-order valence-electron chi connectivity index (χ3n) is 4.35. The number of H-pyrrole nitrogens is 1. The summed E-state index contributed by atoms with van der Waals surface area (Å²) in [6.07, 6.45) is 3.85. The fraction of sp³-hybridized carbons (Fsp3) is 0.500. The molecule has 1 aromatic heterocycles.